The molecule has 1 atom stereocenters. The monoisotopic (exact) mass is 491 g/mol. The zero-order valence-corrected chi connectivity index (χ0v) is 20.7. The number of carbonyl (C=O) groups excluding carboxylic acids is 1. The Balaban J connectivity index is 1.53. The number of aromatic nitrogens is 2. The van der Waals surface area contributed by atoms with Gasteiger partial charge in [0.05, 0.1) is 22.3 Å². The van der Waals surface area contributed by atoms with Gasteiger partial charge in [0, 0.05) is 11.1 Å². The molecule has 0 aliphatic rings. The fourth-order valence-electron chi connectivity index (χ4n) is 3.81. The summed E-state index contributed by atoms with van der Waals surface area (Å²) in [5.41, 5.74) is 3.11. The summed E-state index contributed by atoms with van der Waals surface area (Å²) >= 11 is 7.59. The topological polar surface area (TPSA) is 64.0 Å². The standard InChI is InChI=1S/C27H26ClN3O2S/c1-18(15-16-20-9-4-3-5-10-20)29-25(32)17-34-27-30-23-13-7-6-11-21(23)26(33)31(27)24-14-8-12-22(28)19(24)2/h3-14,18H,15-17H2,1-2H3,(H,29,32). The molecule has 3 aromatic carbocycles. The number of rotatable bonds is 8. The highest BCUT2D eigenvalue weighted by molar-refractivity contribution is 7.99. The summed E-state index contributed by atoms with van der Waals surface area (Å²) in [5, 5.41) is 4.60. The number of aryl methyl sites for hydroxylation is 1. The molecule has 4 rings (SSSR count). The summed E-state index contributed by atoms with van der Waals surface area (Å²) in [6.07, 6.45) is 1.75. The minimum absolute atomic E-state index is 0.0373. The molecular formula is C27H26ClN3O2S. The minimum atomic E-state index is -0.185. The molecule has 1 unspecified atom stereocenters. The Morgan fingerprint density at radius 3 is 2.59 bits per heavy atom. The molecule has 0 radical (unpaired) electrons. The van der Waals surface area contributed by atoms with Crippen LogP contribution in [0, 0.1) is 6.92 Å². The smallest absolute Gasteiger partial charge is 0.266 e. The number of carbonyl (C=O) groups is 1. The minimum Gasteiger partial charge on any atom is -0.353 e. The largest absolute Gasteiger partial charge is 0.353 e. The lowest BCUT2D eigenvalue weighted by atomic mass is 10.1. The lowest BCUT2D eigenvalue weighted by molar-refractivity contribution is -0.119. The van der Waals surface area contributed by atoms with Gasteiger partial charge in [-0.15, -0.1) is 0 Å². The molecule has 7 heteroatoms. The van der Waals surface area contributed by atoms with E-state index in [2.05, 4.69) is 17.4 Å². The van der Waals surface area contributed by atoms with E-state index < -0.39 is 0 Å². The van der Waals surface area contributed by atoms with Crippen molar-refractivity contribution in [1.29, 1.82) is 0 Å². The van der Waals surface area contributed by atoms with Gasteiger partial charge in [0.15, 0.2) is 5.16 Å². The lowest BCUT2D eigenvalue weighted by Gasteiger charge is -2.17. The molecule has 1 heterocycles. The maximum atomic E-state index is 13.4. The summed E-state index contributed by atoms with van der Waals surface area (Å²) in [7, 11) is 0. The molecule has 1 N–H and O–H groups in total. The summed E-state index contributed by atoms with van der Waals surface area (Å²) in [6, 6.07) is 22.9. The highest BCUT2D eigenvalue weighted by atomic mass is 35.5. The van der Waals surface area contributed by atoms with E-state index in [1.165, 1.54) is 17.3 Å². The predicted octanol–water partition coefficient (Wildman–Crippen LogP) is 5.58. The Kier molecular flexibility index (Phi) is 7.70. The Hall–Kier alpha value is -3.09. The van der Waals surface area contributed by atoms with Crippen molar-refractivity contribution in [2.75, 3.05) is 5.75 Å². The first kappa shape index (κ1) is 24.0. The molecule has 1 amide bonds. The van der Waals surface area contributed by atoms with Crippen LogP contribution >= 0.6 is 23.4 Å². The van der Waals surface area contributed by atoms with E-state index >= 15 is 0 Å². The number of hydrogen-bond acceptors (Lipinski definition) is 4. The maximum Gasteiger partial charge on any atom is 0.266 e. The third-order valence-corrected chi connectivity index (χ3v) is 7.02. The van der Waals surface area contributed by atoms with E-state index in [-0.39, 0.29) is 23.3 Å². The predicted molar refractivity (Wildman–Crippen MR) is 140 cm³/mol. The molecule has 0 fully saturated rings. The van der Waals surface area contributed by atoms with Crippen LogP contribution in [-0.2, 0) is 11.2 Å². The number of halogens is 1. The summed E-state index contributed by atoms with van der Waals surface area (Å²) in [4.78, 5) is 30.8. The third kappa shape index (κ3) is 5.51. The van der Waals surface area contributed by atoms with Gasteiger partial charge in [0.1, 0.15) is 0 Å². The van der Waals surface area contributed by atoms with Crippen molar-refractivity contribution in [2.24, 2.45) is 0 Å². The van der Waals surface area contributed by atoms with Crippen molar-refractivity contribution in [2.45, 2.75) is 37.9 Å². The van der Waals surface area contributed by atoms with Gasteiger partial charge < -0.3 is 5.32 Å². The summed E-state index contributed by atoms with van der Waals surface area (Å²) in [5.74, 6) is 0.0578. The number of hydrogen-bond donors (Lipinski definition) is 1. The molecule has 5 nitrogen and oxygen atoms in total. The van der Waals surface area contributed by atoms with E-state index in [9.17, 15) is 9.59 Å². The van der Waals surface area contributed by atoms with E-state index in [1.807, 2.05) is 62.4 Å². The number of nitrogens with one attached hydrogen (secondary N) is 1. The van der Waals surface area contributed by atoms with E-state index in [4.69, 9.17) is 16.6 Å². The Morgan fingerprint density at radius 1 is 1.06 bits per heavy atom. The zero-order chi connectivity index (χ0) is 24.1. The molecule has 34 heavy (non-hydrogen) atoms. The lowest BCUT2D eigenvalue weighted by Crippen LogP contribution is -2.34. The van der Waals surface area contributed by atoms with Gasteiger partial charge in [-0.1, -0.05) is 71.9 Å². The number of benzene rings is 3. The van der Waals surface area contributed by atoms with E-state index in [0.29, 0.717) is 26.8 Å². The number of amides is 1. The van der Waals surface area contributed by atoms with Crippen LogP contribution in [0.2, 0.25) is 5.02 Å². The second-order valence-corrected chi connectivity index (χ2v) is 9.57. The van der Waals surface area contributed by atoms with Crippen molar-refractivity contribution >= 4 is 40.2 Å². The van der Waals surface area contributed by atoms with Crippen molar-refractivity contribution in [3.8, 4) is 5.69 Å². The molecule has 0 spiro atoms. The van der Waals surface area contributed by atoms with Crippen LogP contribution in [0.1, 0.15) is 24.5 Å². The zero-order valence-electron chi connectivity index (χ0n) is 19.1. The Morgan fingerprint density at radius 2 is 1.79 bits per heavy atom. The number of para-hydroxylation sites is 1. The Labute approximate surface area is 208 Å². The first-order chi connectivity index (χ1) is 16.4. The van der Waals surface area contributed by atoms with Crippen LogP contribution in [0.4, 0.5) is 0 Å². The van der Waals surface area contributed by atoms with Crippen LogP contribution in [0.25, 0.3) is 16.6 Å². The average molecular weight is 492 g/mol. The molecule has 0 bridgehead atoms. The molecule has 0 aliphatic carbocycles. The normalized spacial score (nSPS) is 12.0. The molecule has 1 aromatic heterocycles. The molecule has 174 valence electrons. The quantitative estimate of drug-likeness (QED) is 0.258. The highest BCUT2D eigenvalue weighted by Gasteiger charge is 2.17. The first-order valence-corrected chi connectivity index (χ1v) is 12.5. The first-order valence-electron chi connectivity index (χ1n) is 11.2. The molecule has 4 aromatic rings. The van der Waals surface area contributed by atoms with E-state index in [1.54, 1.807) is 16.7 Å². The summed E-state index contributed by atoms with van der Waals surface area (Å²) < 4.78 is 1.56. The second kappa shape index (κ2) is 10.9. The van der Waals surface area contributed by atoms with Crippen molar-refractivity contribution in [3.05, 3.63) is 99.3 Å². The number of fused-ring (bicyclic) bond motifs is 1. The van der Waals surface area contributed by atoms with Crippen LogP contribution < -0.4 is 10.9 Å². The fourth-order valence-corrected chi connectivity index (χ4v) is 4.79. The van der Waals surface area contributed by atoms with Crippen LogP contribution in [0.15, 0.2) is 82.7 Å². The maximum absolute atomic E-state index is 13.4. The van der Waals surface area contributed by atoms with Gasteiger partial charge in [0.25, 0.3) is 5.56 Å². The molecule has 0 saturated carbocycles. The summed E-state index contributed by atoms with van der Waals surface area (Å²) in [6.45, 7) is 3.87. The van der Waals surface area contributed by atoms with Crippen molar-refractivity contribution < 1.29 is 4.79 Å². The van der Waals surface area contributed by atoms with Crippen molar-refractivity contribution in [3.63, 3.8) is 0 Å². The fraction of sp³-hybridized carbons (Fsp3) is 0.222. The van der Waals surface area contributed by atoms with Gasteiger partial charge in [-0.25, -0.2) is 4.98 Å². The number of thioether (sulfide) groups is 1. The molecule has 0 saturated heterocycles. The van der Waals surface area contributed by atoms with Gasteiger partial charge in [-0.3, -0.25) is 14.2 Å². The van der Waals surface area contributed by atoms with Crippen LogP contribution in [0.5, 0.6) is 0 Å². The van der Waals surface area contributed by atoms with Crippen LogP contribution in [-0.4, -0.2) is 27.3 Å². The van der Waals surface area contributed by atoms with Crippen molar-refractivity contribution in [1.82, 2.24) is 14.9 Å². The third-order valence-electron chi connectivity index (χ3n) is 5.67. The second-order valence-electron chi connectivity index (χ2n) is 8.22. The Bertz CT molecular complexity index is 1370. The molecule has 0 aliphatic heterocycles. The number of nitrogens with zero attached hydrogens (tertiary/aromatic N) is 2. The average Bonchev–Trinajstić information content (AvgIpc) is 2.84. The van der Waals surface area contributed by atoms with E-state index in [0.717, 1.165) is 18.4 Å². The van der Waals surface area contributed by atoms with Gasteiger partial charge >= 0.3 is 0 Å². The molecular weight excluding hydrogens is 466 g/mol. The van der Waals surface area contributed by atoms with Crippen LogP contribution in [0.3, 0.4) is 0 Å². The van der Waals surface area contributed by atoms with Gasteiger partial charge in [-0.2, -0.15) is 0 Å². The SMILES string of the molecule is Cc1c(Cl)cccc1-n1c(SCC(=O)NC(C)CCc2ccccc2)nc2ccccc2c1=O. The highest BCUT2D eigenvalue weighted by Crippen LogP contribution is 2.26. The van der Waals surface area contributed by atoms with Gasteiger partial charge in [0.2, 0.25) is 5.91 Å². The van der Waals surface area contributed by atoms with Gasteiger partial charge in [-0.05, 0) is 62.1 Å².